The van der Waals surface area contributed by atoms with Gasteiger partial charge in [-0.25, -0.2) is 5.01 Å². The molecular weight excluding hydrogens is 596 g/mol. The van der Waals surface area contributed by atoms with E-state index in [4.69, 9.17) is 24.0 Å². The molecule has 1 aliphatic rings. The van der Waals surface area contributed by atoms with E-state index in [1.54, 1.807) is 49.0 Å². The predicted octanol–water partition coefficient (Wildman–Crippen LogP) is 4.25. The summed E-state index contributed by atoms with van der Waals surface area (Å²) >= 11 is 1.26. The lowest BCUT2D eigenvalue weighted by molar-refractivity contribution is -0.130. The molecule has 13 heteroatoms. The SMILES string of the molecule is COc1ccc(C2=NN(C(=O)CSc3nnc(CNC(=O)c4cc(OC)cc(OC)c4)n3C)C(c3ccc(OC)cc3)C2)cc1. The summed E-state index contributed by atoms with van der Waals surface area (Å²) in [6, 6.07) is 20.0. The Morgan fingerprint density at radius 1 is 0.844 bits per heavy atom. The fraction of sp³-hybridized carbons (Fsp3) is 0.281. The van der Waals surface area contributed by atoms with Gasteiger partial charge in [0, 0.05) is 25.1 Å². The highest BCUT2D eigenvalue weighted by molar-refractivity contribution is 7.99. The summed E-state index contributed by atoms with van der Waals surface area (Å²) in [5.74, 6) is 2.63. The summed E-state index contributed by atoms with van der Waals surface area (Å²) in [4.78, 5) is 26.4. The molecule has 1 atom stereocenters. The second-order valence-electron chi connectivity index (χ2n) is 10.0. The van der Waals surface area contributed by atoms with E-state index in [1.807, 2.05) is 48.5 Å². The molecule has 2 amide bonds. The number of aromatic nitrogens is 3. The minimum atomic E-state index is -0.316. The van der Waals surface area contributed by atoms with Gasteiger partial charge in [0.05, 0.1) is 52.5 Å². The molecule has 1 aliphatic heterocycles. The number of hydrogen-bond donors (Lipinski definition) is 1. The van der Waals surface area contributed by atoms with Crippen molar-refractivity contribution >= 4 is 29.3 Å². The fourth-order valence-electron chi connectivity index (χ4n) is 4.80. The van der Waals surface area contributed by atoms with Crippen molar-refractivity contribution < 1.29 is 28.5 Å². The van der Waals surface area contributed by atoms with Gasteiger partial charge in [0.25, 0.3) is 11.8 Å². The van der Waals surface area contributed by atoms with Crippen LogP contribution in [-0.4, -0.2) is 71.5 Å². The number of benzene rings is 3. The summed E-state index contributed by atoms with van der Waals surface area (Å²) in [5, 5.41) is 18.2. The maximum atomic E-state index is 13.6. The number of nitrogens with one attached hydrogen (secondary N) is 1. The van der Waals surface area contributed by atoms with Crippen LogP contribution >= 0.6 is 11.8 Å². The van der Waals surface area contributed by atoms with Gasteiger partial charge in [0.2, 0.25) is 0 Å². The Morgan fingerprint density at radius 2 is 1.44 bits per heavy atom. The molecule has 3 aromatic carbocycles. The molecule has 45 heavy (non-hydrogen) atoms. The number of rotatable bonds is 12. The highest BCUT2D eigenvalue weighted by Gasteiger charge is 2.33. The smallest absolute Gasteiger partial charge is 0.253 e. The van der Waals surface area contributed by atoms with Crippen LogP contribution in [0, 0.1) is 0 Å². The van der Waals surface area contributed by atoms with Gasteiger partial charge in [-0.05, 0) is 59.7 Å². The molecule has 12 nitrogen and oxygen atoms in total. The first-order valence-electron chi connectivity index (χ1n) is 14.0. The van der Waals surface area contributed by atoms with E-state index in [-0.39, 0.29) is 30.2 Å². The summed E-state index contributed by atoms with van der Waals surface area (Å²) in [6.07, 6.45) is 0.558. The summed E-state index contributed by atoms with van der Waals surface area (Å²) in [5.41, 5.74) is 3.07. The molecular formula is C32H34N6O6S. The molecule has 5 rings (SSSR count). The lowest BCUT2D eigenvalue weighted by Gasteiger charge is -2.22. The maximum Gasteiger partial charge on any atom is 0.253 e. The molecule has 4 aromatic rings. The number of thioether (sulfide) groups is 1. The van der Waals surface area contributed by atoms with Gasteiger partial charge in [0.1, 0.15) is 23.0 Å². The molecule has 1 unspecified atom stereocenters. The number of carbonyl (C=O) groups is 2. The molecule has 0 aliphatic carbocycles. The minimum Gasteiger partial charge on any atom is -0.497 e. The van der Waals surface area contributed by atoms with E-state index < -0.39 is 0 Å². The van der Waals surface area contributed by atoms with E-state index in [0.717, 1.165) is 28.3 Å². The number of carbonyl (C=O) groups excluding carboxylic acids is 2. The maximum absolute atomic E-state index is 13.6. The first-order chi connectivity index (χ1) is 21.8. The molecule has 0 spiro atoms. The number of hydrazone groups is 1. The molecule has 1 N–H and O–H groups in total. The van der Waals surface area contributed by atoms with Crippen molar-refractivity contribution in [2.75, 3.05) is 34.2 Å². The van der Waals surface area contributed by atoms with Crippen LogP contribution in [0.2, 0.25) is 0 Å². The first kappa shape index (κ1) is 31.4. The van der Waals surface area contributed by atoms with E-state index in [0.29, 0.717) is 34.5 Å². The Balaban J connectivity index is 1.27. The number of ether oxygens (including phenoxy) is 4. The predicted molar refractivity (Wildman–Crippen MR) is 169 cm³/mol. The third-order valence-corrected chi connectivity index (χ3v) is 8.37. The first-order valence-corrected chi connectivity index (χ1v) is 15.0. The third kappa shape index (κ3) is 7.20. The van der Waals surface area contributed by atoms with Crippen molar-refractivity contribution in [2.45, 2.75) is 24.2 Å². The summed E-state index contributed by atoms with van der Waals surface area (Å²) in [7, 11) is 8.07. The van der Waals surface area contributed by atoms with E-state index in [2.05, 4.69) is 15.5 Å². The second kappa shape index (κ2) is 14.2. The van der Waals surface area contributed by atoms with Gasteiger partial charge in [0.15, 0.2) is 11.0 Å². The van der Waals surface area contributed by atoms with Gasteiger partial charge in [-0.1, -0.05) is 23.9 Å². The lowest BCUT2D eigenvalue weighted by Crippen LogP contribution is -2.28. The van der Waals surface area contributed by atoms with Gasteiger partial charge in [-0.15, -0.1) is 10.2 Å². The summed E-state index contributed by atoms with van der Waals surface area (Å²) in [6.45, 7) is 0.136. The van der Waals surface area contributed by atoms with Crippen LogP contribution in [0.3, 0.4) is 0 Å². The Kier molecular flexibility index (Phi) is 9.88. The van der Waals surface area contributed by atoms with Gasteiger partial charge >= 0.3 is 0 Å². The van der Waals surface area contributed by atoms with Crippen LogP contribution in [0.25, 0.3) is 0 Å². The minimum absolute atomic E-state index is 0.0913. The zero-order chi connectivity index (χ0) is 31.9. The zero-order valence-electron chi connectivity index (χ0n) is 25.6. The van der Waals surface area contributed by atoms with E-state index >= 15 is 0 Å². The van der Waals surface area contributed by atoms with Crippen LogP contribution in [0.1, 0.15) is 39.8 Å². The third-order valence-electron chi connectivity index (χ3n) is 7.36. The van der Waals surface area contributed by atoms with Crippen molar-refractivity contribution in [2.24, 2.45) is 12.1 Å². The fourth-order valence-corrected chi connectivity index (χ4v) is 5.58. The van der Waals surface area contributed by atoms with E-state index in [1.165, 1.54) is 26.0 Å². The van der Waals surface area contributed by atoms with Crippen LogP contribution < -0.4 is 24.3 Å². The quantitative estimate of drug-likeness (QED) is 0.229. The Morgan fingerprint density at radius 3 is 2.04 bits per heavy atom. The number of nitrogens with zero attached hydrogens (tertiary/aromatic N) is 5. The normalized spacial score (nSPS) is 14.1. The number of amides is 2. The average Bonchev–Trinajstić information content (AvgIpc) is 3.69. The largest absolute Gasteiger partial charge is 0.497 e. The van der Waals surface area contributed by atoms with Crippen molar-refractivity contribution in [3.05, 3.63) is 89.2 Å². The van der Waals surface area contributed by atoms with Gasteiger partial charge in [-0.3, -0.25) is 9.59 Å². The lowest BCUT2D eigenvalue weighted by atomic mass is 9.98. The highest BCUT2D eigenvalue weighted by atomic mass is 32.2. The molecule has 1 aromatic heterocycles. The summed E-state index contributed by atoms with van der Waals surface area (Å²) < 4.78 is 22.9. The molecule has 0 bridgehead atoms. The van der Waals surface area contributed by atoms with Crippen LogP contribution in [0.4, 0.5) is 0 Å². The molecule has 0 radical (unpaired) electrons. The molecule has 0 fully saturated rings. The Hall–Kier alpha value is -5.04. The molecule has 234 valence electrons. The Labute approximate surface area is 265 Å². The Bertz CT molecular complexity index is 1670. The standard InChI is InChI=1S/C32H34N6O6S/c1-37-29(18-33-31(40)22-14-25(43-4)16-26(15-22)44-5)34-35-32(37)45-19-30(39)38-28(21-8-12-24(42-3)13-9-21)17-27(36-38)20-6-10-23(41-2)11-7-20/h6-16,28H,17-19H2,1-5H3,(H,33,40). The molecule has 0 saturated heterocycles. The molecule has 2 heterocycles. The topological polar surface area (TPSA) is 129 Å². The van der Waals surface area contributed by atoms with Gasteiger partial charge < -0.3 is 28.8 Å². The monoisotopic (exact) mass is 630 g/mol. The van der Waals surface area contributed by atoms with Crippen molar-refractivity contribution in [3.63, 3.8) is 0 Å². The average molecular weight is 631 g/mol. The van der Waals surface area contributed by atoms with Crippen LogP contribution in [0.15, 0.2) is 77.0 Å². The zero-order valence-corrected chi connectivity index (χ0v) is 26.5. The number of methoxy groups -OCH3 is 4. The highest BCUT2D eigenvalue weighted by Crippen LogP contribution is 2.35. The molecule has 0 saturated carbocycles. The van der Waals surface area contributed by atoms with Crippen LogP contribution in [-0.2, 0) is 18.4 Å². The van der Waals surface area contributed by atoms with Crippen molar-refractivity contribution in [1.82, 2.24) is 25.1 Å². The van der Waals surface area contributed by atoms with Crippen molar-refractivity contribution in [1.29, 1.82) is 0 Å². The van der Waals surface area contributed by atoms with Crippen LogP contribution in [0.5, 0.6) is 23.0 Å². The van der Waals surface area contributed by atoms with Crippen molar-refractivity contribution in [3.8, 4) is 23.0 Å². The number of hydrogen-bond acceptors (Lipinski definition) is 10. The van der Waals surface area contributed by atoms with Gasteiger partial charge in [-0.2, -0.15) is 5.10 Å². The second-order valence-corrected chi connectivity index (χ2v) is 11.0. The van der Waals surface area contributed by atoms with E-state index in [9.17, 15) is 9.59 Å².